The van der Waals surface area contributed by atoms with Gasteiger partial charge in [0.25, 0.3) is 0 Å². The van der Waals surface area contributed by atoms with E-state index in [1.165, 1.54) is 11.8 Å². The van der Waals surface area contributed by atoms with E-state index in [0.29, 0.717) is 23.6 Å². The molecule has 3 aromatic rings. The quantitative estimate of drug-likeness (QED) is 0.586. The average molecular weight is 398 g/mol. The van der Waals surface area contributed by atoms with Crippen molar-refractivity contribution in [2.75, 3.05) is 7.11 Å². The summed E-state index contributed by atoms with van der Waals surface area (Å²) in [5.41, 5.74) is 0.889. The number of carbonyl (C=O) groups excluding carboxylic acids is 1. The molecule has 1 atom stereocenters. The van der Waals surface area contributed by atoms with Crippen molar-refractivity contribution in [2.45, 2.75) is 42.8 Å². The first kappa shape index (κ1) is 18.6. The number of carbonyl (C=O) groups is 1. The third kappa shape index (κ3) is 4.22. The molecule has 28 heavy (non-hydrogen) atoms. The fourth-order valence-corrected chi connectivity index (χ4v) is 3.67. The molecule has 146 valence electrons. The molecule has 4 rings (SSSR count). The highest BCUT2D eigenvalue weighted by atomic mass is 32.2. The fraction of sp³-hybridized carbons (Fsp3) is 0.350. The highest BCUT2D eigenvalue weighted by molar-refractivity contribution is 8.00. The molecule has 1 saturated carbocycles. The summed E-state index contributed by atoms with van der Waals surface area (Å²) in [5, 5.41) is 12.2. The lowest BCUT2D eigenvalue weighted by Gasteiger charge is -2.13. The first-order chi connectivity index (χ1) is 13.6. The third-order valence-electron chi connectivity index (χ3n) is 4.51. The third-order valence-corrected chi connectivity index (χ3v) is 5.59. The molecule has 0 radical (unpaired) electrons. The number of nitrogens with one attached hydrogen (secondary N) is 1. The maximum atomic E-state index is 12.4. The van der Waals surface area contributed by atoms with Gasteiger partial charge in [-0.2, -0.15) is 0 Å². The Morgan fingerprint density at radius 1 is 1.36 bits per heavy atom. The van der Waals surface area contributed by atoms with Crippen LogP contribution in [-0.4, -0.2) is 39.1 Å². The highest BCUT2D eigenvalue weighted by Gasteiger charge is 2.27. The monoisotopic (exact) mass is 398 g/mol. The molecule has 0 saturated heterocycles. The zero-order valence-electron chi connectivity index (χ0n) is 15.8. The summed E-state index contributed by atoms with van der Waals surface area (Å²) in [6.45, 7) is 2.37. The van der Waals surface area contributed by atoms with Gasteiger partial charge in [0.05, 0.1) is 25.2 Å². The van der Waals surface area contributed by atoms with Gasteiger partial charge in [0, 0.05) is 11.6 Å². The Hall–Kier alpha value is -2.74. The van der Waals surface area contributed by atoms with E-state index in [9.17, 15) is 4.79 Å². The molecule has 1 amide bonds. The number of benzene rings is 1. The van der Waals surface area contributed by atoms with Crippen molar-refractivity contribution in [2.24, 2.45) is 0 Å². The van der Waals surface area contributed by atoms with Crippen molar-refractivity contribution in [3.05, 3.63) is 48.4 Å². The number of thioether (sulfide) groups is 1. The lowest BCUT2D eigenvalue weighted by molar-refractivity contribution is -0.120. The number of amides is 1. The molecule has 1 aliphatic rings. The Balaban J connectivity index is 1.63. The van der Waals surface area contributed by atoms with E-state index in [-0.39, 0.29) is 11.2 Å². The maximum absolute atomic E-state index is 12.4. The number of rotatable bonds is 8. The smallest absolute Gasteiger partial charge is 0.233 e. The Morgan fingerprint density at radius 2 is 2.21 bits per heavy atom. The number of hydrogen-bond acceptors (Lipinski definition) is 6. The Morgan fingerprint density at radius 3 is 2.93 bits per heavy atom. The summed E-state index contributed by atoms with van der Waals surface area (Å²) < 4.78 is 12.8. The van der Waals surface area contributed by atoms with Crippen molar-refractivity contribution in [1.82, 2.24) is 20.1 Å². The van der Waals surface area contributed by atoms with E-state index in [0.717, 1.165) is 29.9 Å². The first-order valence-electron chi connectivity index (χ1n) is 9.21. The lowest BCUT2D eigenvalue weighted by atomic mass is 10.2. The number of ether oxygens (including phenoxy) is 1. The number of nitrogens with zero attached hydrogens (tertiary/aromatic N) is 3. The van der Waals surface area contributed by atoms with E-state index >= 15 is 0 Å². The van der Waals surface area contributed by atoms with Gasteiger partial charge in [-0.05, 0) is 44.0 Å². The van der Waals surface area contributed by atoms with Crippen molar-refractivity contribution < 1.29 is 13.9 Å². The largest absolute Gasteiger partial charge is 0.497 e. The average Bonchev–Trinajstić information content (AvgIpc) is 3.21. The summed E-state index contributed by atoms with van der Waals surface area (Å²) in [7, 11) is 1.63. The molecule has 8 heteroatoms. The van der Waals surface area contributed by atoms with Gasteiger partial charge in [0.15, 0.2) is 11.0 Å². The minimum absolute atomic E-state index is 0.0305. The van der Waals surface area contributed by atoms with Crippen molar-refractivity contribution in [3.63, 3.8) is 0 Å². The summed E-state index contributed by atoms with van der Waals surface area (Å²) in [6.07, 6.45) is 3.78. The van der Waals surface area contributed by atoms with Crippen LogP contribution in [0, 0.1) is 0 Å². The first-order valence-corrected chi connectivity index (χ1v) is 10.1. The second-order valence-electron chi connectivity index (χ2n) is 6.75. The van der Waals surface area contributed by atoms with Gasteiger partial charge >= 0.3 is 0 Å². The zero-order valence-corrected chi connectivity index (χ0v) is 16.6. The summed E-state index contributed by atoms with van der Waals surface area (Å²) >= 11 is 1.40. The predicted octanol–water partition coefficient (Wildman–Crippen LogP) is 3.35. The zero-order chi connectivity index (χ0) is 19.5. The standard InChI is InChI=1S/C20H22N4O3S/c1-13(19(25)21-15-8-9-15)28-20-23-22-18(14-5-3-6-16(11-14)26-2)24(20)12-17-7-4-10-27-17/h3-7,10-11,13,15H,8-9,12H2,1-2H3,(H,21,25). The van der Waals surface area contributed by atoms with Crippen LogP contribution in [0.25, 0.3) is 11.4 Å². The lowest BCUT2D eigenvalue weighted by Crippen LogP contribution is -2.32. The second kappa shape index (κ2) is 8.10. The Labute approximate surface area is 167 Å². The number of methoxy groups -OCH3 is 1. The minimum Gasteiger partial charge on any atom is -0.497 e. The predicted molar refractivity (Wildman–Crippen MR) is 106 cm³/mol. The van der Waals surface area contributed by atoms with Crippen LogP contribution in [0.1, 0.15) is 25.5 Å². The molecule has 1 aliphatic carbocycles. The molecule has 2 aromatic heterocycles. The van der Waals surface area contributed by atoms with Crippen molar-refractivity contribution in [3.8, 4) is 17.1 Å². The van der Waals surface area contributed by atoms with Crippen LogP contribution < -0.4 is 10.1 Å². The molecule has 0 bridgehead atoms. The van der Waals surface area contributed by atoms with E-state index in [1.54, 1.807) is 13.4 Å². The number of furan rings is 1. The van der Waals surface area contributed by atoms with Crippen LogP contribution in [-0.2, 0) is 11.3 Å². The SMILES string of the molecule is COc1cccc(-c2nnc(SC(C)C(=O)NC3CC3)n2Cc2ccco2)c1. The van der Waals surface area contributed by atoms with Crippen LogP contribution in [0.5, 0.6) is 5.75 Å². The Bertz CT molecular complexity index is 950. The molecule has 1 fully saturated rings. The molecule has 1 aromatic carbocycles. The van der Waals surface area contributed by atoms with E-state index in [4.69, 9.17) is 9.15 Å². The van der Waals surface area contributed by atoms with Crippen LogP contribution in [0.15, 0.2) is 52.2 Å². The highest BCUT2D eigenvalue weighted by Crippen LogP contribution is 2.30. The Kier molecular flexibility index (Phi) is 5.38. The van der Waals surface area contributed by atoms with Crippen LogP contribution in [0.3, 0.4) is 0 Å². The van der Waals surface area contributed by atoms with E-state index in [1.807, 2.05) is 47.9 Å². The van der Waals surface area contributed by atoms with Gasteiger partial charge in [0.1, 0.15) is 11.5 Å². The van der Waals surface area contributed by atoms with Gasteiger partial charge in [-0.25, -0.2) is 0 Å². The van der Waals surface area contributed by atoms with Gasteiger partial charge in [0.2, 0.25) is 5.91 Å². The van der Waals surface area contributed by atoms with Crippen molar-refractivity contribution in [1.29, 1.82) is 0 Å². The summed E-state index contributed by atoms with van der Waals surface area (Å²) in [6, 6.07) is 11.8. The van der Waals surface area contributed by atoms with Crippen molar-refractivity contribution >= 4 is 17.7 Å². The molecule has 7 nitrogen and oxygen atoms in total. The molecule has 1 N–H and O–H groups in total. The molecule has 0 aliphatic heterocycles. The fourth-order valence-electron chi connectivity index (χ4n) is 2.81. The molecular weight excluding hydrogens is 376 g/mol. The van der Waals surface area contributed by atoms with Crippen LogP contribution in [0.4, 0.5) is 0 Å². The molecule has 2 heterocycles. The maximum Gasteiger partial charge on any atom is 0.233 e. The summed E-state index contributed by atoms with van der Waals surface area (Å²) in [5.74, 6) is 2.27. The number of aromatic nitrogens is 3. The molecule has 1 unspecified atom stereocenters. The van der Waals surface area contributed by atoms with Gasteiger partial charge in [-0.3, -0.25) is 9.36 Å². The van der Waals surface area contributed by atoms with Crippen LogP contribution in [0.2, 0.25) is 0 Å². The normalized spacial score (nSPS) is 14.6. The number of hydrogen-bond donors (Lipinski definition) is 1. The summed E-state index contributed by atoms with van der Waals surface area (Å²) in [4.78, 5) is 12.4. The second-order valence-corrected chi connectivity index (χ2v) is 8.05. The minimum atomic E-state index is -0.265. The van der Waals surface area contributed by atoms with Gasteiger partial charge in [-0.15, -0.1) is 10.2 Å². The topological polar surface area (TPSA) is 82.2 Å². The molecular formula is C20H22N4O3S. The van der Waals surface area contributed by atoms with E-state index in [2.05, 4.69) is 15.5 Å². The van der Waals surface area contributed by atoms with Gasteiger partial charge < -0.3 is 14.5 Å². The van der Waals surface area contributed by atoms with Crippen LogP contribution >= 0.6 is 11.8 Å². The molecule has 0 spiro atoms. The van der Waals surface area contributed by atoms with Gasteiger partial charge in [-0.1, -0.05) is 23.9 Å². The van der Waals surface area contributed by atoms with E-state index < -0.39 is 0 Å².